The third-order valence-electron chi connectivity index (χ3n) is 2.74. The van der Waals surface area contributed by atoms with Crippen molar-refractivity contribution in [3.05, 3.63) is 30.1 Å². The molecule has 1 fully saturated rings. The van der Waals surface area contributed by atoms with Gasteiger partial charge in [-0.2, -0.15) is 0 Å². The molecule has 0 aromatic carbocycles. The first-order valence-electron chi connectivity index (χ1n) is 5.22. The fourth-order valence-electron chi connectivity index (χ4n) is 1.80. The molecule has 0 saturated heterocycles. The maximum atomic E-state index is 5.70. The first-order valence-corrected chi connectivity index (χ1v) is 5.22. The van der Waals surface area contributed by atoms with E-state index in [0.717, 1.165) is 25.8 Å². The van der Waals surface area contributed by atoms with Gasteiger partial charge in [0.15, 0.2) is 0 Å². The Morgan fingerprint density at radius 1 is 1.50 bits per heavy atom. The molecule has 0 radical (unpaired) electrons. The third-order valence-corrected chi connectivity index (χ3v) is 2.74. The number of hydrogen-bond acceptors (Lipinski definition) is 3. The summed E-state index contributed by atoms with van der Waals surface area (Å²) in [5.41, 5.74) is 7.00. The molecular formula is C11H17N3. The van der Waals surface area contributed by atoms with Crippen LogP contribution in [0.5, 0.6) is 0 Å². The van der Waals surface area contributed by atoms with E-state index in [1.165, 1.54) is 5.56 Å². The van der Waals surface area contributed by atoms with Crippen molar-refractivity contribution in [3.63, 3.8) is 0 Å². The Morgan fingerprint density at radius 3 is 3.00 bits per heavy atom. The van der Waals surface area contributed by atoms with Crippen molar-refractivity contribution in [3.8, 4) is 0 Å². The summed E-state index contributed by atoms with van der Waals surface area (Å²) in [5.74, 6) is 0. The molecule has 3 N–H and O–H groups in total. The highest BCUT2D eigenvalue weighted by atomic mass is 14.9. The van der Waals surface area contributed by atoms with E-state index in [9.17, 15) is 0 Å². The summed E-state index contributed by atoms with van der Waals surface area (Å²) >= 11 is 0. The minimum atomic E-state index is 0.436. The van der Waals surface area contributed by atoms with Crippen molar-refractivity contribution in [2.75, 3.05) is 6.54 Å². The molecule has 3 heteroatoms. The van der Waals surface area contributed by atoms with Crippen molar-refractivity contribution >= 4 is 0 Å². The van der Waals surface area contributed by atoms with Gasteiger partial charge in [-0.15, -0.1) is 0 Å². The quantitative estimate of drug-likeness (QED) is 0.736. The van der Waals surface area contributed by atoms with Crippen LogP contribution in [0.15, 0.2) is 24.5 Å². The molecular weight excluding hydrogens is 174 g/mol. The molecule has 0 unspecified atom stereocenters. The SMILES string of the molecule is NC1CC(NCCc2cccnc2)C1. The number of nitrogens with zero attached hydrogens (tertiary/aromatic N) is 1. The smallest absolute Gasteiger partial charge is 0.0300 e. The average Bonchev–Trinajstić information content (AvgIpc) is 2.17. The van der Waals surface area contributed by atoms with E-state index in [4.69, 9.17) is 5.73 Å². The predicted octanol–water partition coefficient (Wildman–Crippen LogP) is 0.703. The third kappa shape index (κ3) is 2.53. The number of pyridine rings is 1. The van der Waals surface area contributed by atoms with Crippen molar-refractivity contribution in [1.29, 1.82) is 0 Å². The van der Waals surface area contributed by atoms with Gasteiger partial charge in [-0.05, 0) is 37.4 Å². The number of aromatic nitrogens is 1. The number of hydrogen-bond donors (Lipinski definition) is 2. The van der Waals surface area contributed by atoms with E-state index < -0.39 is 0 Å². The highest BCUT2D eigenvalue weighted by Gasteiger charge is 2.24. The van der Waals surface area contributed by atoms with Crippen LogP contribution in [-0.2, 0) is 6.42 Å². The second-order valence-corrected chi connectivity index (χ2v) is 3.99. The van der Waals surface area contributed by atoms with E-state index in [1.54, 1.807) is 0 Å². The molecule has 0 atom stereocenters. The lowest BCUT2D eigenvalue weighted by molar-refractivity contribution is 0.294. The minimum Gasteiger partial charge on any atom is -0.328 e. The van der Waals surface area contributed by atoms with Crippen molar-refractivity contribution < 1.29 is 0 Å². The van der Waals surface area contributed by atoms with E-state index in [-0.39, 0.29) is 0 Å². The van der Waals surface area contributed by atoms with Crippen LogP contribution in [0.2, 0.25) is 0 Å². The minimum absolute atomic E-state index is 0.436. The molecule has 0 bridgehead atoms. The number of nitrogens with one attached hydrogen (secondary N) is 1. The predicted molar refractivity (Wildman–Crippen MR) is 56.9 cm³/mol. The Kier molecular flexibility index (Phi) is 3.11. The lowest BCUT2D eigenvalue weighted by Crippen LogP contribution is -2.48. The van der Waals surface area contributed by atoms with E-state index in [2.05, 4.69) is 16.4 Å². The maximum absolute atomic E-state index is 5.70. The summed E-state index contributed by atoms with van der Waals surface area (Å²) in [6.07, 6.45) is 7.05. The summed E-state index contributed by atoms with van der Waals surface area (Å²) < 4.78 is 0. The monoisotopic (exact) mass is 191 g/mol. The molecule has 14 heavy (non-hydrogen) atoms. The molecule has 0 aliphatic heterocycles. The zero-order valence-corrected chi connectivity index (χ0v) is 8.32. The van der Waals surface area contributed by atoms with Gasteiger partial charge in [-0.1, -0.05) is 6.07 Å². The molecule has 1 aliphatic rings. The van der Waals surface area contributed by atoms with Gasteiger partial charge in [0.1, 0.15) is 0 Å². The molecule has 76 valence electrons. The normalized spacial score (nSPS) is 25.8. The van der Waals surface area contributed by atoms with Crippen LogP contribution in [0, 0.1) is 0 Å². The molecule has 3 nitrogen and oxygen atoms in total. The first kappa shape index (κ1) is 9.62. The molecule has 0 spiro atoms. The molecule has 1 aliphatic carbocycles. The molecule has 1 saturated carbocycles. The number of nitrogens with two attached hydrogens (primary N) is 1. The first-order chi connectivity index (χ1) is 6.84. The van der Waals surface area contributed by atoms with Crippen LogP contribution in [0.3, 0.4) is 0 Å². The lowest BCUT2D eigenvalue weighted by atomic mass is 9.87. The van der Waals surface area contributed by atoms with Crippen molar-refractivity contribution in [1.82, 2.24) is 10.3 Å². The molecule has 0 amide bonds. The fourth-order valence-corrected chi connectivity index (χ4v) is 1.80. The second-order valence-electron chi connectivity index (χ2n) is 3.99. The van der Waals surface area contributed by atoms with E-state index >= 15 is 0 Å². The molecule has 1 aromatic heterocycles. The Bertz CT molecular complexity index is 267. The summed E-state index contributed by atoms with van der Waals surface area (Å²) in [6.45, 7) is 1.03. The zero-order chi connectivity index (χ0) is 9.80. The van der Waals surface area contributed by atoms with E-state index in [0.29, 0.717) is 12.1 Å². The van der Waals surface area contributed by atoms with Gasteiger partial charge in [0.25, 0.3) is 0 Å². The van der Waals surface area contributed by atoms with E-state index in [1.807, 2.05) is 18.5 Å². The second kappa shape index (κ2) is 4.53. The van der Waals surface area contributed by atoms with Crippen molar-refractivity contribution in [2.24, 2.45) is 5.73 Å². The molecule has 1 aromatic rings. The average molecular weight is 191 g/mol. The number of rotatable bonds is 4. The van der Waals surface area contributed by atoms with Crippen LogP contribution in [0.4, 0.5) is 0 Å². The topological polar surface area (TPSA) is 50.9 Å². The fraction of sp³-hybridized carbons (Fsp3) is 0.545. The Balaban J connectivity index is 1.64. The summed E-state index contributed by atoms with van der Waals surface area (Å²) in [4.78, 5) is 4.08. The van der Waals surface area contributed by atoms with Gasteiger partial charge in [0.2, 0.25) is 0 Å². The van der Waals surface area contributed by atoms with Gasteiger partial charge in [-0.25, -0.2) is 0 Å². The van der Waals surface area contributed by atoms with Crippen LogP contribution < -0.4 is 11.1 Å². The van der Waals surface area contributed by atoms with Gasteiger partial charge >= 0.3 is 0 Å². The zero-order valence-electron chi connectivity index (χ0n) is 8.32. The molecule has 1 heterocycles. The standard InChI is InChI=1S/C11H17N3/c12-10-6-11(7-10)14-5-3-9-2-1-4-13-8-9/h1-2,4,8,10-11,14H,3,5-7,12H2. The van der Waals surface area contributed by atoms with Gasteiger partial charge in [0, 0.05) is 24.5 Å². The highest BCUT2D eigenvalue weighted by Crippen LogP contribution is 2.16. The van der Waals surface area contributed by atoms with Gasteiger partial charge in [0.05, 0.1) is 0 Å². The molecule has 2 rings (SSSR count). The largest absolute Gasteiger partial charge is 0.328 e. The highest BCUT2D eigenvalue weighted by molar-refractivity contribution is 5.08. The van der Waals surface area contributed by atoms with Crippen LogP contribution >= 0.6 is 0 Å². The maximum Gasteiger partial charge on any atom is 0.0300 e. The Morgan fingerprint density at radius 2 is 2.36 bits per heavy atom. The Labute approximate surface area is 84.7 Å². The summed E-state index contributed by atoms with van der Waals surface area (Å²) in [6, 6.07) is 5.18. The van der Waals surface area contributed by atoms with Crippen molar-refractivity contribution in [2.45, 2.75) is 31.3 Å². The Hall–Kier alpha value is -0.930. The van der Waals surface area contributed by atoms with Gasteiger partial charge < -0.3 is 11.1 Å². The van der Waals surface area contributed by atoms with Crippen LogP contribution in [0.1, 0.15) is 18.4 Å². The van der Waals surface area contributed by atoms with Gasteiger partial charge in [-0.3, -0.25) is 4.98 Å². The summed E-state index contributed by atoms with van der Waals surface area (Å²) in [5, 5.41) is 3.49. The van der Waals surface area contributed by atoms with Crippen LogP contribution in [0.25, 0.3) is 0 Å². The van der Waals surface area contributed by atoms with Crippen LogP contribution in [-0.4, -0.2) is 23.6 Å². The lowest BCUT2D eigenvalue weighted by Gasteiger charge is -2.33. The summed E-state index contributed by atoms with van der Waals surface area (Å²) in [7, 11) is 0.